The predicted octanol–water partition coefficient (Wildman–Crippen LogP) is 4.63. The van der Waals surface area contributed by atoms with Crippen molar-refractivity contribution in [2.45, 2.75) is 6.54 Å². The third-order valence-corrected chi connectivity index (χ3v) is 3.89. The van der Waals surface area contributed by atoms with Crippen molar-refractivity contribution in [3.63, 3.8) is 0 Å². The van der Waals surface area contributed by atoms with Gasteiger partial charge in [0.25, 0.3) is 0 Å². The maximum Gasteiger partial charge on any atom is 0.150 e. The van der Waals surface area contributed by atoms with E-state index in [-0.39, 0.29) is 5.82 Å². The molecule has 0 saturated heterocycles. The van der Waals surface area contributed by atoms with Crippen LogP contribution in [0.5, 0.6) is 0 Å². The highest BCUT2D eigenvalue weighted by Crippen LogP contribution is 2.26. The Morgan fingerprint density at radius 2 is 1.78 bits per heavy atom. The van der Waals surface area contributed by atoms with Gasteiger partial charge in [0.15, 0.2) is 0 Å². The monoisotopic (exact) mass is 361 g/mol. The highest BCUT2D eigenvalue weighted by atomic mass is 19.1. The molecule has 0 aliphatic carbocycles. The van der Waals surface area contributed by atoms with Gasteiger partial charge in [-0.1, -0.05) is 12.1 Å². The largest absolute Gasteiger partial charge is 0.472 e. The van der Waals surface area contributed by atoms with Crippen LogP contribution in [0.15, 0.2) is 78.0 Å². The second-order valence-corrected chi connectivity index (χ2v) is 5.83. The van der Waals surface area contributed by atoms with Crippen molar-refractivity contribution in [2.24, 2.45) is 0 Å². The number of hydrogen-bond acceptors (Lipinski definition) is 6. The van der Waals surface area contributed by atoms with Gasteiger partial charge < -0.3 is 15.1 Å². The zero-order valence-corrected chi connectivity index (χ0v) is 14.3. The highest BCUT2D eigenvalue weighted by molar-refractivity contribution is 5.71. The summed E-state index contributed by atoms with van der Waals surface area (Å²) in [6.07, 6.45) is 8.13. The highest BCUT2D eigenvalue weighted by Gasteiger charge is 2.07. The van der Waals surface area contributed by atoms with Crippen molar-refractivity contribution >= 4 is 17.5 Å². The molecular weight excluding hydrogens is 345 g/mol. The summed E-state index contributed by atoms with van der Waals surface area (Å²) < 4.78 is 18.2. The number of pyridine rings is 1. The average molecular weight is 361 g/mol. The third kappa shape index (κ3) is 4.27. The van der Waals surface area contributed by atoms with Gasteiger partial charge in [-0.2, -0.15) is 0 Å². The number of hydrogen-bond donors (Lipinski definition) is 2. The molecule has 2 N–H and O–H groups in total. The quantitative estimate of drug-likeness (QED) is 0.522. The standard InChI is InChI=1S/C20H16FN5O/c21-17-3-1-14(2-4-17)11-24-18-9-16(15-5-8-27-13-15)10-19(25-18)26-20-12-22-6-7-23-20/h1-10,12-13H,11H2,(H2,23,24,25,26). The minimum Gasteiger partial charge on any atom is -0.472 e. The van der Waals surface area contributed by atoms with Crippen molar-refractivity contribution < 1.29 is 8.81 Å². The van der Waals surface area contributed by atoms with E-state index in [0.29, 0.717) is 24.0 Å². The Bertz CT molecular complexity index is 1000. The molecule has 0 bridgehead atoms. The Balaban J connectivity index is 1.60. The molecule has 0 aliphatic heterocycles. The molecule has 3 aromatic heterocycles. The van der Waals surface area contributed by atoms with Crippen LogP contribution < -0.4 is 10.6 Å². The zero-order valence-electron chi connectivity index (χ0n) is 14.3. The zero-order chi connectivity index (χ0) is 18.5. The molecule has 0 atom stereocenters. The molecule has 4 aromatic rings. The van der Waals surface area contributed by atoms with Crippen LogP contribution in [-0.2, 0) is 6.54 Å². The molecule has 1 aromatic carbocycles. The second kappa shape index (κ2) is 7.65. The van der Waals surface area contributed by atoms with Crippen LogP contribution in [0, 0.1) is 5.82 Å². The lowest BCUT2D eigenvalue weighted by Gasteiger charge is -2.11. The lowest BCUT2D eigenvalue weighted by Crippen LogP contribution is -2.04. The summed E-state index contributed by atoms with van der Waals surface area (Å²) in [6, 6.07) is 12.1. The Hall–Kier alpha value is -3.74. The van der Waals surface area contributed by atoms with E-state index in [4.69, 9.17) is 4.42 Å². The van der Waals surface area contributed by atoms with Crippen LogP contribution in [-0.4, -0.2) is 15.0 Å². The van der Waals surface area contributed by atoms with Gasteiger partial charge in [0, 0.05) is 24.5 Å². The van der Waals surface area contributed by atoms with Gasteiger partial charge in [0.05, 0.1) is 18.7 Å². The van der Waals surface area contributed by atoms with E-state index < -0.39 is 0 Å². The third-order valence-electron chi connectivity index (χ3n) is 3.89. The summed E-state index contributed by atoms with van der Waals surface area (Å²) in [7, 11) is 0. The van der Waals surface area contributed by atoms with E-state index in [0.717, 1.165) is 16.7 Å². The number of rotatable bonds is 6. The Morgan fingerprint density at radius 3 is 2.52 bits per heavy atom. The van der Waals surface area contributed by atoms with E-state index in [9.17, 15) is 4.39 Å². The number of nitrogens with zero attached hydrogens (tertiary/aromatic N) is 3. The van der Waals surface area contributed by atoms with Crippen LogP contribution in [0.2, 0.25) is 0 Å². The molecule has 7 heteroatoms. The number of aromatic nitrogens is 3. The normalized spacial score (nSPS) is 10.6. The molecule has 4 rings (SSSR count). The fourth-order valence-corrected chi connectivity index (χ4v) is 2.57. The van der Waals surface area contributed by atoms with Crippen LogP contribution in [0.25, 0.3) is 11.1 Å². The predicted molar refractivity (Wildman–Crippen MR) is 101 cm³/mol. The Kier molecular flexibility index (Phi) is 4.74. The van der Waals surface area contributed by atoms with Gasteiger partial charge in [-0.3, -0.25) is 4.98 Å². The van der Waals surface area contributed by atoms with Gasteiger partial charge in [0.1, 0.15) is 23.3 Å². The summed E-state index contributed by atoms with van der Waals surface area (Å²) in [6.45, 7) is 0.521. The fraction of sp³-hybridized carbons (Fsp3) is 0.0500. The smallest absolute Gasteiger partial charge is 0.150 e. The molecule has 0 saturated carbocycles. The van der Waals surface area contributed by atoms with E-state index in [1.165, 1.54) is 12.1 Å². The first kappa shape index (κ1) is 16.7. The van der Waals surface area contributed by atoms with E-state index >= 15 is 0 Å². The van der Waals surface area contributed by atoms with Gasteiger partial charge in [0.2, 0.25) is 0 Å². The SMILES string of the molecule is Fc1ccc(CNc2cc(-c3ccoc3)cc(Nc3cnccn3)n2)cc1. The molecular formula is C20H16FN5O. The fourth-order valence-electron chi connectivity index (χ4n) is 2.57. The minimum atomic E-state index is -0.255. The number of halogens is 1. The molecule has 0 amide bonds. The van der Waals surface area contributed by atoms with Crippen LogP contribution in [0.3, 0.4) is 0 Å². The van der Waals surface area contributed by atoms with E-state index in [2.05, 4.69) is 25.6 Å². The summed E-state index contributed by atoms with van der Waals surface area (Å²) in [4.78, 5) is 12.8. The van der Waals surface area contributed by atoms with Crippen molar-refractivity contribution in [2.75, 3.05) is 10.6 Å². The van der Waals surface area contributed by atoms with Crippen LogP contribution in [0.1, 0.15) is 5.56 Å². The number of nitrogens with one attached hydrogen (secondary N) is 2. The summed E-state index contributed by atoms with van der Waals surface area (Å²) in [5.41, 5.74) is 2.83. The van der Waals surface area contributed by atoms with Gasteiger partial charge >= 0.3 is 0 Å². The second-order valence-electron chi connectivity index (χ2n) is 5.83. The Labute approximate surface area is 155 Å². The molecule has 0 fully saturated rings. The first-order chi connectivity index (χ1) is 13.3. The number of anilines is 3. The molecule has 134 valence electrons. The van der Waals surface area contributed by atoms with E-state index in [1.54, 1.807) is 43.2 Å². The lowest BCUT2D eigenvalue weighted by molar-refractivity contribution is 0.568. The maximum absolute atomic E-state index is 13.1. The van der Waals surface area contributed by atoms with Gasteiger partial charge in [-0.15, -0.1) is 0 Å². The molecule has 0 spiro atoms. The average Bonchev–Trinajstić information content (AvgIpc) is 3.23. The van der Waals surface area contributed by atoms with Crippen molar-refractivity contribution in [1.82, 2.24) is 15.0 Å². The summed E-state index contributed by atoms with van der Waals surface area (Å²) >= 11 is 0. The first-order valence-corrected chi connectivity index (χ1v) is 8.32. The maximum atomic E-state index is 13.1. The topological polar surface area (TPSA) is 75.9 Å². The Morgan fingerprint density at radius 1 is 0.926 bits per heavy atom. The minimum absolute atomic E-state index is 0.255. The number of furan rings is 1. The molecule has 3 heterocycles. The van der Waals surface area contributed by atoms with Crippen LogP contribution >= 0.6 is 0 Å². The summed E-state index contributed by atoms with van der Waals surface area (Å²) in [5, 5.41) is 6.42. The van der Waals surface area contributed by atoms with Crippen molar-refractivity contribution in [3.05, 3.63) is 85.0 Å². The van der Waals surface area contributed by atoms with Crippen LogP contribution in [0.4, 0.5) is 21.8 Å². The first-order valence-electron chi connectivity index (χ1n) is 8.32. The molecule has 27 heavy (non-hydrogen) atoms. The molecule has 0 radical (unpaired) electrons. The molecule has 6 nitrogen and oxygen atoms in total. The number of benzene rings is 1. The van der Waals surface area contributed by atoms with Gasteiger partial charge in [-0.25, -0.2) is 14.4 Å². The van der Waals surface area contributed by atoms with Gasteiger partial charge in [-0.05, 0) is 41.5 Å². The lowest BCUT2D eigenvalue weighted by atomic mass is 10.1. The molecule has 0 unspecified atom stereocenters. The van der Waals surface area contributed by atoms with Crippen molar-refractivity contribution in [3.8, 4) is 11.1 Å². The van der Waals surface area contributed by atoms with E-state index in [1.807, 2.05) is 18.2 Å². The molecule has 0 aliphatic rings. The summed E-state index contributed by atoms with van der Waals surface area (Å²) in [5.74, 6) is 1.63. The van der Waals surface area contributed by atoms with Crippen molar-refractivity contribution in [1.29, 1.82) is 0 Å².